The molecule has 0 saturated carbocycles. The van der Waals surface area contributed by atoms with Gasteiger partial charge in [0.05, 0.1) is 16.5 Å². The molecule has 1 N–H and O–H groups in total. The number of hydrogen-bond donors (Lipinski definition) is 1. The second-order valence-electron chi connectivity index (χ2n) is 4.25. The minimum atomic E-state index is -0.365. The van der Waals surface area contributed by atoms with Crippen molar-refractivity contribution in [2.24, 2.45) is 0 Å². The predicted octanol–water partition coefficient (Wildman–Crippen LogP) is 2.29. The number of nitrogens with one attached hydrogen (secondary N) is 1. The molecule has 0 aliphatic heterocycles. The number of thiazole rings is 1. The molecule has 0 spiro atoms. The van der Waals surface area contributed by atoms with Crippen molar-refractivity contribution >= 4 is 41.7 Å². The topological polar surface area (TPSA) is 42.1 Å². The molecule has 1 aromatic carbocycles. The first-order valence-corrected chi connectivity index (χ1v) is 7.47. The van der Waals surface area contributed by atoms with E-state index in [1.807, 2.05) is 31.2 Å². The van der Waals surface area contributed by atoms with Crippen molar-refractivity contribution < 1.29 is 9.53 Å². The number of rotatable bonds is 3. The summed E-state index contributed by atoms with van der Waals surface area (Å²) in [4.78, 5) is 14.6. The Hall–Kier alpha value is -1.72. The molecular formula is C15H15NO2S2. The molecule has 0 aliphatic carbocycles. The normalized spacial score (nSPS) is 12.7. The van der Waals surface area contributed by atoms with Crippen LogP contribution in [0.4, 0.5) is 0 Å². The average molecular weight is 305 g/mol. The van der Waals surface area contributed by atoms with Crippen LogP contribution in [0.25, 0.3) is 12.2 Å². The Balaban J connectivity index is 2.53. The van der Waals surface area contributed by atoms with Gasteiger partial charge in [-0.05, 0) is 37.7 Å². The van der Waals surface area contributed by atoms with Gasteiger partial charge in [0.25, 0.3) is 0 Å². The van der Waals surface area contributed by atoms with Gasteiger partial charge >= 0.3 is 5.97 Å². The molecule has 104 valence electrons. The van der Waals surface area contributed by atoms with Crippen LogP contribution in [0.5, 0.6) is 0 Å². The monoisotopic (exact) mass is 305 g/mol. The lowest BCUT2D eigenvalue weighted by atomic mass is 10.1. The lowest BCUT2D eigenvalue weighted by Crippen LogP contribution is -2.23. The van der Waals surface area contributed by atoms with Gasteiger partial charge in [0.1, 0.15) is 0 Å². The van der Waals surface area contributed by atoms with Gasteiger partial charge in [-0.15, -0.1) is 11.3 Å². The van der Waals surface area contributed by atoms with Gasteiger partial charge in [-0.25, -0.2) is 4.79 Å². The highest BCUT2D eigenvalue weighted by Gasteiger charge is 1.98. The van der Waals surface area contributed by atoms with Crippen LogP contribution in [-0.2, 0) is 9.53 Å². The quantitative estimate of drug-likeness (QED) is 0.699. The van der Waals surface area contributed by atoms with E-state index in [1.54, 1.807) is 6.92 Å². The first-order chi connectivity index (χ1) is 9.58. The minimum absolute atomic E-state index is 0.358. The smallest absolute Gasteiger partial charge is 0.332 e. The second kappa shape index (κ2) is 6.63. The molecule has 0 radical (unpaired) electrons. The SMILES string of the molecule is CCOC(=O)/C=c1\[nH]c(=S)s\c1=C/c1cccc(C)c1. The summed E-state index contributed by atoms with van der Waals surface area (Å²) >= 11 is 6.59. The zero-order chi connectivity index (χ0) is 14.5. The van der Waals surface area contributed by atoms with Crippen LogP contribution in [0.2, 0.25) is 0 Å². The Kier molecular flexibility index (Phi) is 4.87. The number of H-pyrrole nitrogens is 1. The number of esters is 1. The maximum absolute atomic E-state index is 11.5. The fraction of sp³-hybridized carbons (Fsp3) is 0.200. The summed E-state index contributed by atoms with van der Waals surface area (Å²) in [6.45, 7) is 4.18. The van der Waals surface area contributed by atoms with Crippen LogP contribution < -0.4 is 9.88 Å². The molecule has 2 rings (SSSR count). The second-order valence-corrected chi connectivity index (χ2v) is 5.97. The van der Waals surface area contributed by atoms with Crippen molar-refractivity contribution in [3.8, 4) is 0 Å². The van der Waals surface area contributed by atoms with Crippen LogP contribution in [0, 0.1) is 10.9 Å². The van der Waals surface area contributed by atoms with E-state index in [2.05, 4.69) is 11.1 Å². The number of aromatic amines is 1. The van der Waals surface area contributed by atoms with Gasteiger partial charge in [-0.3, -0.25) is 0 Å². The highest BCUT2D eigenvalue weighted by molar-refractivity contribution is 7.73. The number of carbonyl (C=O) groups excluding carboxylic acids is 1. The lowest BCUT2D eigenvalue weighted by Gasteiger charge is -1.95. The molecule has 1 heterocycles. The van der Waals surface area contributed by atoms with E-state index in [1.165, 1.54) is 23.0 Å². The summed E-state index contributed by atoms with van der Waals surface area (Å²) in [6, 6.07) is 8.14. The minimum Gasteiger partial charge on any atom is -0.463 e. The Bertz CT molecular complexity index is 787. The van der Waals surface area contributed by atoms with Crippen molar-refractivity contribution in [3.05, 3.63) is 49.2 Å². The number of hydrogen-bond acceptors (Lipinski definition) is 4. The predicted molar refractivity (Wildman–Crippen MR) is 84.6 cm³/mol. The third kappa shape index (κ3) is 3.88. The Morgan fingerprint density at radius 3 is 3.00 bits per heavy atom. The van der Waals surface area contributed by atoms with Gasteiger partial charge < -0.3 is 9.72 Å². The fourth-order valence-electron chi connectivity index (χ4n) is 1.78. The molecule has 3 nitrogen and oxygen atoms in total. The molecule has 0 amide bonds. The van der Waals surface area contributed by atoms with Gasteiger partial charge in [0.15, 0.2) is 3.95 Å². The van der Waals surface area contributed by atoms with Gasteiger partial charge in [0, 0.05) is 6.08 Å². The maximum Gasteiger partial charge on any atom is 0.332 e. The number of aromatic nitrogens is 1. The Labute approximate surface area is 126 Å². The highest BCUT2D eigenvalue weighted by Crippen LogP contribution is 2.04. The number of benzene rings is 1. The van der Waals surface area contributed by atoms with Crippen LogP contribution in [0.15, 0.2) is 24.3 Å². The summed E-state index contributed by atoms with van der Waals surface area (Å²) in [5.41, 5.74) is 2.27. The highest BCUT2D eigenvalue weighted by atomic mass is 32.1. The van der Waals surface area contributed by atoms with E-state index in [-0.39, 0.29) is 5.97 Å². The lowest BCUT2D eigenvalue weighted by molar-refractivity contribution is -0.135. The summed E-state index contributed by atoms with van der Waals surface area (Å²) < 4.78 is 6.48. The number of carbonyl (C=O) groups is 1. The fourth-order valence-corrected chi connectivity index (χ4v) is 2.93. The summed E-state index contributed by atoms with van der Waals surface area (Å²) in [7, 11) is 0. The van der Waals surface area contributed by atoms with Crippen LogP contribution in [0.1, 0.15) is 18.1 Å². The van der Waals surface area contributed by atoms with Crippen LogP contribution >= 0.6 is 23.6 Å². The van der Waals surface area contributed by atoms with E-state index >= 15 is 0 Å². The molecule has 0 bridgehead atoms. The van der Waals surface area contributed by atoms with Gasteiger partial charge in [-0.2, -0.15) is 0 Å². The molecular weight excluding hydrogens is 290 g/mol. The van der Waals surface area contributed by atoms with Gasteiger partial charge in [0.2, 0.25) is 0 Å². The third-order valence-corrected chi connectivity index (χ3v) is 3.79. The first kappa shape index (κ1) is 14.7. The Morgan fingerprint density at radius 2 is 2.30 bits per heavy atom. The Morgan fingerprint density at radius 1 is 1.50 bits per heavy atom. The van der Waals surface area contributed by atoms with Crippen LogP contribution in [0.3, 0.4) is 0 Å². The van der Waals surface area contributed by atoms with E-state index in [0.717, 1.165) is 10.1 Å². The molecule has 0 saturated heterocycles. The zero-order valence-electron chi connectivity index (χ0n) is 11.3. The average Bonchev–Trinajstić information content (AvgIpc) is 2.69. The van der Waals surface area contributed by atoms with Crippen LogP contribution in [-0.4, -0.2) is 17.6 Å². The van der Waals surface area contributed by atoms with E-state index in [9.17, 15) is 4.79 Å². The van der Waals surface area contributed by atoms with Crippen molar-refractivity contribution in [3.63, 3.8) is 0 Å². The summed E-state index contributed by atoms with van der Waals surface area (Å²) in [5, 5.41) is 0.694. The largest absolute Gasteiger partial charge is 0.463 e. The maximum atomic E-state index is 11.5. The molecule has 2 aromatic rings. The van der Waals surface area contributed by atoms with Crippen molar-refractivity contribution in [1.82, 2.24) is 4.98 Å². The standard InChI is InChI=1S/C15H15NO2S2/c1-3-18-14(17)9-12-13(20-15(19)16-12)8-11-6-4-5-10(2)7-11/h4-9H,3H2,1-2H3,(H,16,19)/b12-9-,13-8-. The molecule has 5 heteroatoms. The van der Waals surface area contributed by atoms with Crippen molar-refractivity contribution in [2.75, 3.05) is 6.61 Å². The molecule has 1 aromatic heterocycles. The summed E-state index contributed by atoms with van der Waals surface area (Å²) in [5.74, 6) is -0.365. The zero-order valence-corrected chi connectivity index (χ0v) is 12.9. The van der Waals surface area contributed by atoms with Crippen molar-refractivity contribution in [1.29, 1.82) is 0 Å². The molecule has 0 unspecified atom stereocenters. The van der Waals surface area contributed by atoms with E-state index in [4.69, 9.17) is 17.0 Å². The van der Waals surface area contributed by atoms with E-state index in [0.29, 0.717) is 15.9 Å². The molecule has 0 aliphatic rings. The number of ether oxygens (including phenoxy) is 1. The third-order valence-electron chi connectivity index (χ3n) is 2.59. The van der Waals surface area contributed by atoms with Gasteiger partial charge in [-0.1, -0.05) is 29.8 Å². The van der Waals surface area contributed by atoms with Crippen molar-refractivity contribution in [2.45, 2.75) is 13.8 Å². The summed E-state index contributed by atoms with van der Waals surface area (Å²) in [6.07, 6.45) is 3.45. The first-order valence-electron chi connectivity index (χ1n) is 6.24. The molecule has 0 fully saturated rings. The molecule has 0 atom stereocenters. The van der Waals surface area contributed by atoms with E-state index < -0.39 is 0 Å². The number of aryl methyl sites for hydroxylation is 1. The molecule has 20 heavy (non-hydrogen) atoms.